The molecule has 0 aliphatic carbocycles. The molecule has 0 saturated carbocycles. The van der Waals surface area contributed by atoms with Gasteiger partial charge in [-0.3, -0.25) is 9.59 Å². The summed E-state index contributed by atoms with van der Waals surface area (Å²) >= 11 is 0.966. The van der Waals surface area contributed by atoms with Gasteiger partial charge in [-0.1, -0.05) is 11.2 Å². The Labute approximate surface area is 278 Å². The summed E-state index contributed by atoms with van der Waals surface area (Å²) in [5.74, 6) is -2.98. The minimum atomic E-state index is -5.27. The van der Waals surface area contributed by atoms with E-state index in [4.69, 9.17) is 21.0 Å². The van der Waals surface area contributed by atoms with E-state index < -0.39 is 57.7 Å². The summed E-state index contributed by atoms with van der Waals surface area (Å²) in [4.78, 5) is 47.7. The SMILES string of the molecule is C[n+]1[nH]cc(-c2ccc3c(c2)CC[C@@H]([C@H](O/N=C(\C(=O)N[C@@H]2C(=O)N(OS(=O)(=O)[O-])C2(C)C)c2csc(N)n2)C(=O)O)O3)c1CCCN. The van der Waals surface area contributed by atoms with Crippen molar-refractivity contribution in [2.24, 2.45) is 17.9 Å². The number of β-lactam (4-membered cyclic amide) rings is 1. The second-order valence-corrected chi connectivity index (χ2v) is 13.5. The van der Waals surface area contributed by atoms with Gasteiger partial charge in [0.05, 0.1) is 17.3 Å². The number of aliphatic carboxylic acids is 1. The summed E-state index contributed by atoms with van der Waals surface area (Å²) in [6.07, 6.45) is 1.59. The molecule has 4 heterocycles. The maximum atomic E-state index is 13.4. The lowest BCUT2D eigenvalue weighted by molar-refractivity contribution is -0.733. The van der Waals surface area contributed by atoms with Crippen molar-refractivity contribution < 1.29 is 51.0 Å². The van der Waals surface area contributed by atoms with Crippen LogP contribution in [0.4, 0.5) is 5.13 Å². The number of fused-ring (bicyclic) bond motifs is 1. The number of nitrogens with zero attached hydrogens (tertiary/aromatic N) is 4. The normalized spacial score (nSPS) is 19.6. The van der Waals surface area contributed by atoms with Gasteiger partial charge in [-0.15, -0.1) is 16.0 Å². The molecule has 2 aliphatic heterocycles. The first kappa shape index (κ1) is 34.7. The molecule has 1 saturated heterocycles. The van der Waals surface area contributed by atoms with Crippen LogP contribution in [-0.4, -0.2) is 87.1 Å². The van der Waals surface area contributed by atoms with Gasteiger partial charge in [-0.25, -0.2) is 18.2 Å². The number of benzene rings is 1. The van der Waals surface area contributed by atoms with Crippen LogP contribution in [0, 0.1) is 0 Å². The van der Waals surface area contributed by atoms with Crippen molar-refractivity contribution in [3.8, 4) is 16.9 Å². The van der Waals surface area contributed by atoms with E-state index in [0.717, 1.165) is 46.6 Å². The number of anilines is 1. The maximum absolute atomic E-state index is 13.4. The van der Waals surface area contributed by atoms with Crippen LogP contribution in [0.3, 0.4) is 0 Å². The van der Waals surface area contributed by atoms with Gasteiger partial charge in [0.1, 0.15) is 23.6 Å². The zero-order valence-electron chi connectivity index (χ0n) is 26.0. The van der Waals surface area contributed by atoms with Crippen molar-refractivity contribution in [2.75, 3.05) is 12.3 Å². The first-order valence-corrected chi connectivity index (χ1v) is 16.9. The standard InChI is InChI=1S/C28H34N8O10S2/c1-28(2)23(25(38)36(28)46-48(41,42)43)33-24(37)21(17-13-47-27(30)32-17)34-45-22(26(39)40)20-9-7-15-11-14(6-8-19(15)44-20)16-12-31-35(3)18(16)5-4-10-29/h6,8,11-13,20,22-23H,4-5,7,9-10,29H2,1-3H3,(H5,30,32,33,37,39,40,41,42,43)/b34-21-/t20-,22-,23+/m0/s1. The number of ether oxygens (including phenoxy) is 1. The van der Waals surface area contributed by atoms with Gasteiger partial charge >= 0.3 is 5.97 Å². The number of aromatic amines is 1. The molecular formula is C28H34N8O10S2. The van der Waals surface area contributed by atoms with Gasteiger partial charge in [0.15, 0.2) is 17.9 Å². The Hall–Kier alpha value is -4.63. The zero-order chi connectivity index (χ0) is 35.0. The van der Waals surface area contributed by atoms with Crippen molar-refractivity contribution in [1.29, 1.82) is 0 Å². The monoisotopic (exact) mass is 706 g/mol. The number of carbonyl (C=O) groups excluding carboxylic acids is 2. The Balaban J connectivity index is 1.34. The Morgan fingerprint density at radius 1 is 1.40 bits per heavy atom. The molecule has 5 rings (SSSR count). The third-order valence-electron chi connectivity index (χ3n) is 8.02. The fourth-order valence-electron chi connectivity index (χ4n) is 5.51. The van der Waals surface area contributed by atoms with E-state index in [1.54, 1.807) is 6.07 Å². The van der Waals surface area contributed by atoms with Gasteiger partial charge in [-0.05, 0) is 62.9 Å². The number of nitrogens with two attached hydrogens (primary N) is 2. The quantitative estimate of drug-likeness (QED) is 0.0375. The van der Waals surface area contributed by atoms with Crippen molar-refractivity contribution >= 4 is 50.4 Å². The second-order valence-electron chi connectivity index (χ2n) is 11.7. The van der Waals surface area contributed by atoms with Crippen LogP contribution >= 0.6 is 11.3 Å². The number of aromatic nitrogens is 3. The first-order valence-electron chi connectivity index (χ1n) is 14.6. The van der Waals surface area contributed by atoms with Crippen LogP contribution in [0.25, 0.3) is 11.1 Å². The lowest BCUT2D eigenvalue weighted by atomic mass is 9.84. The lowest BCUT2D eigenvalue weighted by Crippen LogP contribution is -2.76. The first-order chi connectivity index (χ1) is 22.6. The van der Waals surface area contributed by atoms with Crippen LogP contribution in [0.15, 0.2) is 34.9 Å². The lowest BCUT2D eigenvalue weighted by Gasteiger charge is -2.51. The fraction of sp³-hybridized carbons (Fsp3) is 0.429. The van der Waals surface area contributed by atoms with E-state index in [9.17, 15) is 32.5 Å². The smallest absolute Gasteiger partial charge is 0.351 e. The number of oxime groups is 1. The maximum Gasteiger partial charge on any atom is 0.351 e. The molecule has 0 radical (unpaired) electrons. The number of carboxylic acid groups (broad SMARTS) is 1. The van der Waals surface area contributed by atoms with Gasteiger partial charge < -0.3 is 36.0 Å². The van der Waals surface area contributed by atoms with E-state index in [0.29, 0.717) is 23.8 Å². The number of nitrogens with one attached hydrogen (secondary N) is 2. The summed E-state index contributed by atoms with van der Waals surface area (Å²) in [7, 11) is -3.34. The number of hydrogen-bond donors (Lipinski definition) is 5. The summed E-state index contributed by atoms with van der Waals surface area (Å²) < 4.78 is 45.3. The summed E-state index contributed by atoms with van der Waals surface area (Å²) in [5.41, 5.74) is 13.3. The molecule has 1 fully saturated rings. The molecule has 2 aliphatic rings. The molecule has 2 aromatic heterocycles. The van der Waals surface area contributed by atoms with Crippen LogP contribution in [0.2, 0.25) is 0 Å². The van der Waals surface area contributed by atoms with Gasteiger partial charge in [0.25, 0.3) is 17.9 Å². The highest BCUT2D eigenvalue weighted by atomic mass is 32.3. The minimum Gasteiger partial charge on any atom is -0.724 e. The fourth-order valence-corrected chi connectivity index (χ4v) is 6.51. The third kappa shape index (κ3) is 7.11. The minimum absolute atomic E-state index is 0.0621. The number of hydroxylamine groups is 2. The van der Waals surface area contributed by atoms with E-state index in [1.807, 2.05) is 30.1 Å². The molecule has 1 aromatic carbocycles. The van der Waals surface area contributed by atoms with Crippen LogP contribution in [0.1, 0.15) is 43.6 Å². The highest BCUT2D eigenvalue weighted by Gasteiger charge is 2.57. The molecule has 258 valence electrons. The van der Waals surface area contributed by atoms with E-state index >= 15 is 0 Å². The Morgan fingerprint density at radius 3 is 2.77 bits per heavy atom. The zero-order valence-corrected chi connectivity index (χ0v) is 27.7. The summed E-state index contributed by atoms with van der Waals surface area (Å²) in [6.45, 7) is 3.26. The second kappa shape index (κ2) is 13.5. The number of hydrogen-bond acceptors (Lipinski definition) is 14. The topological polar surface area (TPSA) is 269 Å². The number of rotatable bonds is 13. The Bertz CT molecular complexity index is 1870. The number of nitrogen functional groups attached to an aromatic ring is 1. The van der Waals surface area contributed by atoms with E-state index in [1.165, 1.54) is 19.2 Å². The van der Waals surface area contributed by atoms with Crippen molar-refractivity contribution in [3.63, 3.8) is 0 Å². The molecular weight excluding hydrogens is 672 g/mol. The molecule has 3 atom stereocenters. The molecule has 2 amide bonds. The van der Waals surface area contributed by atoms with Crippen molar-refractivity contribution in [1.82, 2.24) is 20.5 Å². The molecule has 3 aromatic rings. The average Bonchev–Trinajstić information content (AvgIpc) is 3.62. The average molecular weight is 707 g/mol. The largest absolute Gasteiger partial charge is 0.724 e. The highest BCUT2D eigenvalue weighted by molar-refractivity contribution is 7.80. The highest BCUT2D eigenvalue weighted by Crippen LogP contribution is 2.35. The van der Waals surface area contributed by atoms with Crippen LogP contribution < -0.4 is 26.2 Å². The van der Waals surface area contributed by atoms with Gasteiger partial charge in [0.2, 0.25) is 16.1 Å². The van der Waals surface area contributed by atoms with Crippen molar-refractivity contribution in [2.45, 2.75) is 63.3 Å². The number of thiazole rings is 1. The number of carboxylic acids is 1. The van der Waals surface area contributed by atoms with E-state index in [2.05, 4.69) is 24.8 Å². The number of aryl methyl sites for hydroxylation is 2. The number of carbonyl (C=O) groups is 3. The number of amides is 2. The molecule has 18 nitrogen and oxygen atoms in total. The number of H-pyrrole nitrogens is 1. The molecule has 0 unspecified atom stereocenters. The molecule has 0 spiro atoms. The summed E-state index contributed by atoms with van der Waals surface area (Å²) in [5, 5.41) is 21.2. The van der Waals surface area contributed by atoms with E-state index in [-0.39, 0.29) is 17.2 Å². The summed E-state index contributed by atoms with van der Waals surface area (Å²) in [6, 6.07) is 4.28. The molecule has 20 heteroatoms. The third-order valence-corrected chi connectivity index (χ3v) is 9.03. The van der Waals surface area contributed by atoms with Crippen LogP contribution in [-0.2, 0) is 53.8 Å². The predicted octanol–water partition coefficient (Wildman–Crippen LogP) is -0.499. The molecule has 48 heavy (non-hydrogen) atoms. The van der Waals surface area contributed by atoms with Crippen molar-refractivity contribution in [3.05, 3.63) is 46.7 Å². The Morgan fingerprint density at radius 2 is 2.15 bits per heavy atom. The molecule has 0 bridgehead atoms. The predicted molar refractivity (Wildman–Crippen MR) is 167 cm³/mol. The van der Waals surface area contributed by atoms with Gasteiger partial charge in [-0.2, -0.15) is 14.4 Å². The van der Waals surface area contributed by atoms with Gasteiger partial charge in [0, 0.05) is 11.8 Å². The Kier molecular flexibility index (Phi) is 9.74. The van der Waals surface area contributed by atoms with Crippen LogP contribution in [0.5, 0.6) is 5.75 Å². The molecule has 7 N–H and O–H groups in total.